The number of urea groups is 1. The molecule has 2 aromatic rings. The van der Waals surface area contributed by atoms with Gasteiger partial charge in [0.2, 0.25) is 0 Å². The van der Waals surface area contributed by atoms with Gasteiger partial charge in [-0.1, -0.05) is 42.5 Å². The third-order valence-electron chi connectivity index (χ3n) is 4.89. The van der Waals surface area contributed by atoms with E-state index in [1.807, 2.05) is 36.4 Å². The molecule has 0 fully saturated rings. The van der Waals surface area contributed by atoms with Crippen LogP contribution in [0.3, 0.4) is 0 Å². The third kappa shape index (κ3) is 5.06. The molecule has 0 radical (unpaired) electrons. The maximum atomic E-state index is 13.8. The Morgan fingerprint density at radius 2 is 1.93 bits per heavy atom. The Balaban J connectivity index is 1.62. The first-order chi connectivity index (χ1) is 13.0. The van der Waals surface area contributed by atoms with Crippen LogP contribution >= 0.6 is 0 Å². The van der Waals surface area contributed by atoms with Gasteiger partial charge >= 0.3 is 12.0 Å². The summed E-state index contributed by atoms with van der Waals surface area (Å²) >= 11 is 0. The van der Waals surface area contributed by atoms with E-state index in [9.17, 15) is 14.0 Å². The Bertz CT molecular complexity index is 810. The molecular formula is C21H23FN2O3. The fraction of sp³-hybridized carbons (Fsp3) is 0.333. The maximum absolute atomic E-state index is 13.8. The lowest BCUT2D eigenvalue weighted by molar-refractivity contribution is -0.137. The summed E-state index contributed by atoms with van der Waals surface area (Å²) in [5.41, 5.74) is 2.51. The van der Waals surface area contributed by atoms with Crippen LogP contribution in [-0.2, 0) is 17.6 Å². The molecule has 2 unspecified atom stereocenters. The first-order valence-electron chi connectivity index (χ1n) is 9.13. The van der Waals surface area contributed by atoms with E-state index in [4.69, 9.17) is 5.11 Å². The van der Waals surface area contributed by atoms with Gasteiger partial charge in [-0.2, -0.15) is 0 Å². The first kappa shape index (κ1) is 18.9. The summed E-state index contributed by atoms with van der Waals surface area (Å²) in [5.74, 6) is -1.13. The van der Waals surface area contributed by atoms with Gasteiger partial charge in [-0.25, -0.2) is 9.18 Å². The van der Waals surface area contributed by atoms with Gasteiger partial charge in [0.25, 0.3) is 0 Å². The summed E-state index contributed by atoms with van der Waals surface area (Å²) in [6.07, 6.45) is 2.13. The van der Waals surface area contributed by atoms with Gasteiger partial charge < -0.3 is 15.7 Å². The van der Waals surface area contributed by atoms with Crippen LogP contribution < -0.4 is 10.6 Å². The van der Waals surface area contributed by atoms with Crippen molar-refractivity contribution in [3.05, 3.63) is 71.0 Å². The molecule has 2 amide bonds. The van der Waals surface area contributed by atoms with E-state index in [1.165, 1.54) is 6.07 Å². The molecule has 0 spiro atoms. The number of carboxylic acids is 1. The minimum absolute atomic E-state index is 0.0186. The van der Waals surface area contributed by atoms with Crippen LogP contribution in [-0.4, -0.2) is 23.1 Å². The van der Waals surface area contributed by atoms with Crippen molar-refractivity contribution in [1.82, 2.24) is 10.6 Å². The average Bonchev–Trinajstić information content (AvgIpc) is 3.05. The highest BCUT2D eigenvalue weighted by Crippen LogP contribution is 2.32. The third-order valence-corrected chi connectivity index (χ3v) is 4.89. The molecule has 0 heterocycles. The minimum Gasteiger partial charge on any atom is -0.481 e. The number of benzene rings is 2. The van der Waals surface area contributed by atoms with Crippen molar-refractivity contribution >= 4 is 12.0 Å². The molecule has 0 saturated carbocycles. The Labute approximate surface area is 157 Å². The van der Waals surface area contributed by atoms with Gasteiger partial charge in [0.15, 0.2) is 0 Å². The van der Waals surface area contributed by atoms with Gasteiger partial charge in [0, 0.05) is 12.5 Å². The second-order valence-corrected chi connectivity index (χ2v) is 6.84. The molecule has 3 rings (SSSR count). The van der Waals surface area contributed by atoms with Gasteiger partial charge in [0.1, 0.15) is 5.82 Å². The Kier molecular flexibility index (Phi) is 6.06. The topological polar surface area (TPSA) is 78.4 Å². The molecule has 1 aliphatic carbocycles. The van der Waals surface area contributed by atoms with Gasteiger partial charge in [-0.15, -0.1) is 0 Å². The van der Waals surface area contributed by atoms with Crippen molar-refractivity contribution < 1.29 is 19.1 Å². The number of rotatable bonds is 7. The molecular weight excluding hydrogens is 347 g/mol. The van der Waals surface area contributed by atoms with Crippen LogP contribution in [0.15, 0.2) is 48.5 Å². The van der Waals surface area contributed by atoms with E-state index in [1.54, 1.807) is 6.07 Å². The van der Waals surface area contributed by atoms with Crippen molar-refractivity contribution in [3.63, 3.8) is 0 Å². The van der Waals surface area contributed by atoms with Crippen LogP contribution in [0.5, 0.6) is 0 Å². The zero-order valence-electron chi connectivity index (χ0n) is 15.0. The number of carboxylic acid groups (broad SMARTS) is 1. The highest BCUT2D eigenvalue weighted by atomic mass is 19.1. The number of carbonyl (C=O) groups excluding carboxylic acids is 1. The van der Waals surface area contributed by atoms with Gasteiger partial charge in [-0.3, -0.25) is 4.79 Å². The Hall–Kier alpha value is -2.89. The molecule has 27 heavy (non-hydrogen) atoms. The largest absolute Gasteiger partial charge is 0.481 e. The molecule has 3 N–H and O–H groups in total. The van der Waals surface area contributed by atoms with Crippen LogP contribution in [0.4, 0.5) is 9.18 Å². The summed E-state index contributed by atoms with van der Waals surface area (Å²) in [4.78, 5) is 23.4. The number of amides is 2. The van der Waals surface area contributed by atoms with E-state index in [0.29, 0.717) is 31.2 Å². The first-order valence-corrected chi connectivity index (χ1v) is 9.13. The van der Waals surface area contributed by atoms with Crippen molar-refractivity contribution in [2.24, 2.45) is 0 Å². The number of nitrogens with one attached hydrogen (secondary N) is 2. The Morgan fingerprint density at radius 3 is 2.67 bits per heavy atom. The maximum Gasteiger partial charge on any atom is 0.315 e. The lowest BCUT2D eigenvalue weighted by atomic mass is 10.0. The van der Waals surface area contributed by atoms with Crippen LogP contribution in [0.1, 0.15) is 42.0 Å². The molecule has 0 aliphatic heterocycles. The molecule has 5 nitrogen and oxygen atoms in total. The highest BCUT2D eigenvalue weighted by molar-refractivity contribution is 5.75. The molecule has 6 heteroatoms. The minimum atomic E-state index is -0.893. The number of carbonyl (C=O) groups is 2. The molecule has 0 saturated heterocycles. The van der Waals surface area contributed by atoms with E-state index in [2.05, 4.69) is 10.6 Å². The second-order valence-electron chi connectivity index (χ2n) is 6.84. The lowest BCUT2D eigenvalue weighted by Gasteiger charge is -2.21. The van der Waals surface area contributed by atoms with Gasteiger partial charge in [0.05, 0.1) is 6.04 Å². The number of hydrogen-bond acceptors (Lipinski definition) is 2. The highest BCUT2D eigenvalue weighted by Gasteiger charge is 2.26. The van der Waals surface area contributed by atoms with Crippen molar-refractivity contribution in [2.75, 3.05) is 0 Å². The van der Waals surface area contributed by atoms with Crippen molar-refractivity contribution in [3.8, 4) is 0 Å². The smallest absolute Gasteiger partial charge is 0.315 e. The number of halogens is 1. The predicted molar refractivity (Wildman–Crippen MR) is 99.9 cm³/mol. The molecule has 0 bridgehead atoms. The zero-order chi connectivity index (χ0) is 19.2. The summed E-state index contributed by atoms with van der Waals surface area (Å²) in [5, 5.41) is 14.8. The fourth-order valence-corrected chi connectivity index (χ4v) is 3.57. The van der Waals surface area contributed by atoms with Crippen LogP contribution in [0.25, 0.3) is 0 Å². The summed E-state index contributed by atoms with van der Waals surface area (Å²) in [7, 11) is 0. The monoisotopic (exact) mass is 370 g/mol. The van der Waals surface area contributed by atoms with Gasteiger partial charge in [-0.05, 0) is 48.4 Å². The molecule has 0 aromatic heterocycles. The standard InChI is InChI=1S/C21H23FN2O3/c22-18-8-4-7-17-16(18)10-11-19(17)24-21(27)23-15(9-12-20(25)26)13-14-5-2-1-3-6-14/h1-8,15,19H,9-13H2,(H,25,26)(H2,23,24,27). The quantitative estimate of drug-likeness (QED) is 0.697. The van der Waals surface area contributed by atoms with Crippen molar-refractivity contribution in [1.29, 1.82) is 0 Å². The zero-order valence-corrected chi connectivity index (χ0v) is 15.0. The number of hydrogen-bond donors (Lipinski definition) is 3. The number of aliphatic carboxylic acids is 1. The van der Waals surface area contributed by atoms with E-state index in [-0.39, 0.29) is 30.4 Å². The normalized spacial score (nSPS) is 16.4. The predicted octanol–water partition coefficient (Wildman–Crippen LogP) is 3.59. The van der Waals surface area contributed by atoms with E-state index >= 15 is 0 Å². The summed E-state index contributed by atoms with van der Waals surface area (Å²) in [6.45, 7) is 0. The molecule has 1 aliphatic rings. The van der Waals surface area contributed by atoms with Crippen LogP contribution in [0.2, 0.25) is 0 Å². The Morgan fingerprint density at radius 1 is 1.15 bits per heavy atom. The van der Waals surface area contributed by atoms with E-state index in [0.717, 1.165) is 11.1 Å². The fourth-order valence-electron chi connectivity index (χ4n) is 3.57. The molecule has 142 valence electrons. The summed E-state index contributed by atoms with van der Waals surface area (Å²) in [6, 6.07) is 13.7. The van der Waals surface area contributed by atoms with E-state index < -0.39 is 5.97 Å². The molecule has 2 atom stereocenters. The van der Waals surface area contributed by atoms with Crippen molar-refractivity contribution in [2.45, 2.75) is 44.2 Å². The SMILES string of the molecule is O=C(O)CCC(Cc1ccccc1)NC(=O)NC1CCc2c(F)cccc21. The second kappa shape index (κ2) is 8.66. The lowest BCUT2D eigenvalue weighted by Crippen LogP contribution is -2.44. The summed E-state index contributed by atoms with van der Waals surface area (Å²) < 4.78 is 13.8. The number of fused-ring (bicyclic) bond motifs is 1. The van der Waals surface area contributed by atoms with Crippen LogP contribution in [0, 0.1) is 5.82 Å². The average molecular weight is 370 g/mol. The molecule has 2 aromatic carbocycles.